The monoisotopic (exact) mass is 378 g/mol. The summed E-state index contributed by atoms with van der Waals surface area (Å²) in [6, 6.07) is 17.2. The van der Waals surface area contributed by atoms with Gasteiger partial charge in [-0.05, 0) is 66.8 Å². The summed E-state index contributed by atoms with van der Waals surface area (Å²) >= 11 is 0. The number of fused-ring (bicyclic) bond motifs is 1. The third kappa shape index (κ3) is 4.07. The Morgan fingerprint density at radius 2 is 1.89 bits per heavy atom. The Balaban J connectivity index is 1.41. The number of rotatable bonds is 7. The number of amides is 1. The number of nitrogens with zero attached hydrogens (tertiary/aromatic N) is 1. The molecule has 28 heavy (non-hydrogen) atoms. The minimum absolute atomic E-state index is 0.167. The highest BCUT2D eigenvalue weighted by Gasteiger charge is 2.33. The molecule has 2 aromatic carbocycles. The van der Waals surface area contributed by atoms with Gasteiger partial charge in [-0.2, -0.15) is 0 Å². The number of methoxy groups -OCH3 is 1. The van der Waals surface area contributed by atoms with Gasteiger partial charge in [-0.25, -0.2) is 0 Å². The normalized spacial score (nSPS) is 19.6. The smallest absolute Gasteiger partial charge is 0.236 e. The van der Waals surface area contributed by atoms with Crippen LogP contribution in [0.4, 0.5) is 0 Å². The first-order valence-electron chi connectivity index (χ1n) is 10.4. The summed E-state index contributed by atoms with van der Waals surface area (Å²) in [4.78, 5) is 14.9. The lowest BCUT2D eigenvalue weighted by atomic mass is 9.87. The maximum absolute atomic E-state index is 13.0. The second-order valence-corrected chi connectivity index (χ2v) is 8.08. The Morgan fingerprint density at radius 1 is 1.14 bits per heavy atom. The summed E-state index contributed by atoms with van der Waals surface area (Å²) < 4.78 is 5.27. The van der Waals surface area contributed by atoms with E-state index in [1.807, 2.05) is 24.1 Å². The second kappa shape index (κ2) is 8.36. The zero-order valence-corrected chi connectivity index (χ0v) is 16.9. The fourth-order valence-corrected chi connectivity index (χ4v) is 4.42. The van der Waals surface area contributed by atoms with E-state index in [0.29, 0.717) is 12.5 Å². The molecule has 2 unspecified atom stereocenters. The van der Waals surface area contributed by atoms with Gasteiger partial charge in [0.1, 0.15) is 5.75 Å². The largest absolute Gasteiger partial charge is 0.497 e. The van der Waals surface area contributed by atoms with Gasteiger partial charge < -0.3 is 15.0 Å². The van der Waals surface area contributed by atoms with Crippen LogP contribution in [-0.4, -0.2) is 31.5 Å². The average Bonchev–Trinajstić information content (AvgIpc) is 3.58. The SMILES string of the molecule is COc1ccc(C(NCC(=O)N(C)C2CCCc3ccccc32)C2CC2)cc1. The lowest BCUT2D eigenvalue weighted by molar-refractivity contribution is -0.131. The minimum Gasteiger partial charge on any atom is -0.497 e. The first-order chi connectivity index (χ1) is 13.7. The molecule has 4 nitrogen and oxygen atoms in total. The molecule has 1 N–H and O–H groups in total. The first-order valence-corrected chi connectivity index (χ1v) is 10.4. The van der Waals surface area contributed by atoms with E-state index >= 15 is 0 Å². The number of hydrogen-bond donors (Lipinski definition) is 1. The van der Waals surface area contributed by atoms with Crippen molar-refractivity contribution in [3.63, 3.8) is 0 Å². The van der Waals surface area contributed by atoms with Crippen molar-refractivity contribution in [1.29, 1.82) is 0 Å². The van der Waals surface area contributed by atoms with Crippen molar-refractivity contribution < 1.29 is 9.53 Å². The van der Waals surface area contributed by atoms with Crippen LogP contribution in [0.1, 0.15) is 54.5 Å². The minimum atomic E-state index is 0.167. The van der Waals surface area contributed by atoms with E-state index in [2.05, 4.69) is 41.7 Å². The third-order valence-corrected chi connectivity index (χ3v) is 6.24. The van der Waals surface area contributed by atoms with Crippen LogP contribution in [0, 0.1) is 5.92 Å². The number of carbonyl (C=O) groups excluding carboxylic acids is 1. The van der Waals surface area contributed by atoms with E-state index in [1.165, 1.54) is 29.5 Å². The number of hydrogen-bond acceptors (Lipinski definition) is 3. The van der Waals surface area contributed by atoms with E-state index in [0.717, 1.165) is 25.0 Å². The summed E-state index contributed by atoms with van der Waals surface area (Å²) in [5, 5.41) is 3.55. The lowest BCUT2D eigenvalue weighted by Crippen LogP contribution is -2.40. The fraction of sp³-hybridized carbons (Fsp3) is 0.458. The number of nitrogens with one attached hydrogen (secondary N) is 1. The van der Waals surface area contributed by atoms with Crippen LogP contribution in [0.25, 0.3) is 0 Å². The molecule has 0 bridgehead atoms. The van der Waals surface area contributed by atoms with Crippen molar-refractivity contribution in [2.45, 2.75) is 44.2 Å². The van der Waals surface area contributed by atoms with E-state index in [9.17, 15) is 4.79 Å². The number of aryl methyl sites for hydroxylation is 1. The molecule has 0 radical (unpaired) electrons. The Kier molecular flexibility index (Phi) is 5.67. The van der Waals surface area contributed by atoms with E-state index in [1.54, 1.807) is 7.11 Å². The van der Waals surface area contributed by atoms with Gasteiger partial charge in [0.15, 0.2) is 0 Å². The van der Waals surface area contributed by atoms with Crippen molar-refractivity contribution in [2.75, 3.05) is 20.7 Å². The molecule has 4 rings (SSSR count). The molecule has 0 saturated heterocycles. The van der Waals surface area contributed by atoms with Crippen LogP contribution in [0.5, 0.6) is 5.75 Å². The van der Waals surface area contributed by atoms with E-state index in [-0.39, 0.29) is 18.0 Å². The van der Waals surface area contributed by atoms with Gasteiger partial charge in [-0.3, -0.25) is 4.79 Å². The maximum Gasteiger partial charge on any atom is 0.236 e. The van der Waals surface area contributed by atoms with Gasteiger partial charge in [0.25, 0.3) is 0 Å². The Labute approximate surface area is 167 Å². The van der Waals surface area contributed by atoms with Gasteiger partial charge in [-0.1, -0.05) is 36.4 Å². The molecule has 0 heterocycles. The van der Waals surface area contributed by atoms with Crippen molar-refractivity contribution >= 4 is 5.91 Å². The maximum atomic E-state index is 13.0. The molecule has 2 atom stereocenters. The number of benzene rings is 2. The van der Waals surface area contributed by atoms with Crippen LogP contribution in [0.3, 0.4) is 0 Å². The third-order valence-electron chi connectivity index (χ3n) is 6.24. The van der Waals surface area contributed by atoms with E-state index < -0.39 is 0 Å². The molecule has 1 fully saturated rings. The molecule has 4 heteroatoms. The van der Waals surface area contributed by atoms with Crippen LogP contribution in [0.15, 0.2) is 48.5 Å². The summed E-state index contributed by atoms with van der Waals surface area (Å²) in [5.41, 5.74) is 3.95. The molecule has 0 aromatic heterocycles. The zero-order valence-electron chi connectivity index (χ0n) is 16.9. The molecule has 1 saturated carbocycles. The number of ether oxygens (including phenoxy) is 1. The Hall–Kier alpha value is -2.33. The van der Waals surface area contributed by atoms with Gasteiger partial charge in [-0.15, -0.1) is 0 Å². The summed E-state index contributed by atoms with van der Waals surface area (Å²) in [7, 11) is 3.64. The molecule has 0 spiro atoms. The van der Waals surface area contributed by atoms with Crippen LogP contribution in [-0.2, 0) is 11.2 Å². The van der Waals surface area contributed by atoms with Gasteiger partial charge in [0.05, 0.1) is 19.7 Å². The first kappa shape index (κ1) is 19.0. The molecule has 2 aliphatic carbocycles. The van der Waals surface area contributed by atoms with Crippen molar-refractivity contribution in [3.8, 4) is 5.75 Å². The standard InChI is InChI=1S/C24H30N2O2/c1-26(22-9-5-7-17-6-3-4-8-21(17)22)23(27)16-25-24(18-10-11-18)19-12-14-20(28-2)15-13-19/h3-4,6,8,12-15,18,22,24-25H,5,7,9-11,16H2,1-2H3. The Morgan fingerprint density at radius 3 is 2.61 bits per heavy atom. The van der Waals surface area contributed by atoms with Crippen LogP contribution >= 0.6 is 0 Å². The average molecular weight is 379 g/mol. The Bertz CT molecular complexity index is 814. The lowest BCUT2D eigenvalue weighted by Gasteiger charge is -2.34. The summed E-state index contributed by atoms with van der Waals surface area (Å²) in [6.45, 7) is 0.377. The fourth-order valence-electron chi connectivity index (χ4n) is 4.42. The summed E-state index contributed by atoms with van der Waals surface area (Å²) in [6.07, 6.45) is 5.76. The van der Waals surface area contributed by atoms with Crippen LogP contribution in [0.2, 0.25) is 0 Å². The molecule has 2 aliphatic rings. The van der Waals surface area contributed by atoms with Gasteiger partial charge >= 0.3 is 0 Å². The van der Waals surface area contributed by atoms with Crippen molar-refractivity contribution in [3.05, 3.63) is 65.2 Å². The van der Waals surface area contributed by atoms with Gasteiger partial charge in [0.2, 0.25) is 5.91 Å². The van der Waals surface area contributed by atoms with Crippen LogP contribution < -0.4 is 10.1 Å². The topological polar surface area (TPSA) is 41.6 Å². The number of carbonyl (C=O) groups is 1. The highest BCUT2D eigenvalue weighted by molar-refractivity contribution is 5.78. The zero-order chi connectivity index (χ0) is 19.5. The highest BCUT2D eigenvalue weighted by Crippen LogP contribution is 2.41. The predicted octanol–water partition coefficient (Wildman–Crippen LogP) is 4.27. The van der Waals surface area contributed by atoms with Crippen molar-refractivity contribution in [1.82, 2.24) is 10.2 Å². The molecule has 148 valence electrons. The molecule has 0 aliphatic heterocycles. The van der Waals surface area contributed by atoms with Crippen molar-refractivity contribution in [2.24, 2.45) is 5.92 Å². The van der Waals surface area contributed by atoms with Gasteiger partial charge in [0, 0.05) is 13.1 Å². The molecular weight excluding hydrogens is 348 g/mol. The highest BCUT2D eigenvalue weighted by atomic mass is 16.5. The predicted molar refractivity (Wildman–Crippen MR) is 111 cm³/mol. The summed E-state index contributed by atoms with van der Waals surface area (Å²) in [5.74, 6) is 1.66. The molecule has 1 amide bonds. The quantitative estimate of drug-likeness (QED) is 0.782. The number of likely N-dealkylation sites (N-methyl/N-ethyl adjacent to an activating group) is 1. The molecular formula is C24H30N2O2. The van der Waals surface area contributed by atoms with E-state index in [4.69, 9.17) is 4.74 Å². The molecule has 2 aromatic rings. The second-order valence-electron chi connectivity index (χ2n) is 8.08.